The minimum Gasteiger partial charge on any atom is -0.376 e. The molecule has 10 heteroatoms. The smallest absolute Gasteiger partial charge is 0.376 e. The maximum Gasteiger partial charge on any atom is 0.416 e. The predicted octanol–water partition coefficient (Wildman–Crippen LogP) is 4.97. The van der Waals surface area contributed by atoms with Crippen molar-refractivity contribution < 1.29 is 27.6 Å². The van der Waals surface area contributed by atoms with Crippen LogP contribution in [0, 0.1) is 0 Å². The van der Waals surface area contributed by atoms with Gasteiger partial charge in [-0.15, -0.1) is 0 Å². The molecule has 0 spiro atoms. The molecule has 3 rings (SSSR count). The van der Waals surface area contributed by atoms with Crippen molar-refractivity contribution in [2.75, 3.05) is 27.8 Å². The number of anilines is 4. The third kappa shape index (κ3) is 7.09. The van der Waals surface area contributed by atoms with Gasteiger partial charge < -0.3 is 21.3 Å². The van der Waals surface area contributed by atoms with Crippen LogP contribution in [0.2, 0.25) is 0 Å². The fraction of sp³-hybridized carbons (Fsp3) is 0.125. The number of carbonyl (C=O) groups excluding carboxylic acids is 3. The Kier molecular flexibility index (Phi) is 7.52. The fourth-order valence-corrected chi connectivity index (χ4v) is 2.97. The number of rotatable bonds is 7. The van der Waals surface area contributed by atoms with Crippen molar-refractivity contribution in [3.63, 3.8) is 0 Å². The first kappa shape index (κ1) is 24.3. The summed E-state index contributed by atoms with van der Waals surface area (Å²) in [6.45, 7) is 1.30. The molecule has 0 radical (unpaired) electrons. The summed E-state index contributed by atoms with van der Waals surface area (Å²) >= 11 is 0. The molecule has 0 atom stereocenters. The maximum atomic E-state index is 12.9. The molecule has 176 valence electrons. The van der Waals surface area contributed by atoms with E-state index in [0.717, 1.165) is 12.1 Å². The van der Waals surface area contributed by atoms with Gasteiger partial charge in [-0.2, -0.15) is 13.2 Å². The second-order valence-electron chi connectivity index (χ2n) is 7.27. The number of halogens is 3. The zero-order valence-corrected chi connectivity index (χ0v) is 18.0. The highest BCUT2D eigenvalue weighted by atomic mass is 19.4. The van der Waals surface area contributed by atoms with E-state index >= 15 is 0 Å². The molecule has 0 aliphatic carbocycles. The topological polar surface area (TPSA) is 99.3 Å². The van der Waals surface area contributed by atoms with Gasteiger partial charge >= 0.3 is 6.18 Å². The highest BCUT2D eigenvalue weighted by Crippen LogP contribution is 2.30. The molecule has 0 heterocycles. The number of alkyl halides is 3. The van der Waals surface area contributed by atoms with Crippen LogP contribution in [0.25, 0.3) is 0 Å². The van der Waals surface area contributed by atoms with Crippen LogP contribution in [0.5, 0.6) is 0 Å². The molecule has 0 aliphatic rings. The van der Waals surface area contributed by atoms with Gasteiger partial charge in [0, 0.05) is 35.2 Å². The lowest BCUT2D eigenvalue weighted by Gasteiger charge is -2.11. The summed E-state index contributed by atoms with van der Waals surface area (Å²) in [6, 6.07) is 17.2. The van der Waals surface area contributed by atoms with Crippen molar-refractivity contribution in [1.29, 1.82) is 0 Å². The van der Waals surface area contributed by atoms with Crippen LogP contribution in [0.3, 0.4) is 0 Å². The fourth-order valence-electron chi connectivity index (χ4n) is 2.97. The lowest BCUT2D eigenvalue weighted by atomic mass is 10.1. The number of amides is 3. The molecule has 0 saturated carbocycles. The third-order valence-corrected chi connectivity index (χ3v) is 4.51. The summed E-state index contributed by atoms with van der Waals surface area (Å²) in [4.78, 5) is 35.7. The molecule has 0 bridgehead atoms. The molecule has 3 aromatic carbocycles. The zero-order chi connectivity index (χ0) is 24.7. The van der Waals surface area contributed by atoms with E-state index in [9.17, 15) is 27.6 Å². The van der Waals surface area contributed by atoms with Crippen LogP contribution in [-0.4, -0.2) is 24.3 Å². The van der Waals surface area contributed by atoms with E-state index in [1.165, 1.54) is 31.2 Å². The summed E-state index contributed by atoms with van der Waals surface area (Å²) < 4.78 is 38.6. The molecular formula is C24H21F3N4O3. The SMILES string of the molecule is CC(=O)Nc1ccc(NC(=O)CNc2cccc(C(=O)Nc3cccc(C(F)(F)F)c3)c2)cc1. The molecule has 34 heavy (non-hydrogen) atoms. The summed E-state index contributed by atoms with van der Waals surface area (Å²) in [7, 11) is 0. The first-order valence-corrected chi connectivity index (χ1v) is 10.1. The average molecular weight is 470 g/mol. The van der Waals surface area contributed by atoms with Crippen molar-refractivity contribution in [2.45, 2.75) is 13.1 Å². The Morgan fingerprint density at radius 2 is 1.35 bits per heavy atom. The van der Waals surface area contributed by atoms with Crippen molar-refractivity contribution in [2.24, 2.45) is 0 Å². The van der Waals surface area contributed by atoms with Crippen molar-refractivity contribution in [3.05, 3.63) is 83.9 Å². The van der Waals surface area contributed by atoms with Crippen LogP contribution >= 0.6 is 0 Å². The highest BCUT2D eigenvalue weighted by Gasteiger charge is 2.30. The highest BCUT2D eigenvalue weighted by molar-refractivity contribution is 6.05. The van der Waals surface area contributed by atoms with Gasteiger partial charge in [0.15, 0.2) is 0 Å². The second-order valence-corrected chi connectivity index (χ2v) is 7.27. The summed E-state index contributed by atoms with van der Waals surface area (Å²) in [5, 5.41) is 10.7. The minimum absolute atomic E-state index is 0.0158. The number of hydrogen-bond donors (Lipinski definition) is 4. The molecule has 0 aliphatic heterocycles. The van der Waals surface area contributed by atoms with E-state index in [4.69, 9.17) is 0 Å². The summed E-state index contributed by atoms with van der Waals surface area (Å²) in [6.07, 6.45) is -4.52. The Labute approximate surface area is 193 Å². The van der Waals surface area contributed by atoms with Gasteiger partial charge in [-0.1, -0.05) is 12.1 Å². The lowest BCUT2D eigenvalue weighted by molar-refractivity contribution is -0.137. The molecule has 0 fully saturated rings. The number of benzene rings is 3. The van der Waals surface area contributed by atoms with Gasteiger partial charge in [-0.05, 0) is 60.7 Å². The van der Waals surface area contributed by atoms with E-state index in [2.05, 4.69) is 21.3 Å². The van der Waals surface area contributed by atoms with Gasteiger partial charge in [-0.25, -0.2) is 0 Å². The van der Waals surface area contributed by atoms with E-state index in [1.807, 2.05) is 0 Å². The third-order valence-electron chi connectivity index (χ3n) is 4.51. The molecule has 0 saturated heterocycles. The summed E-state index contributed by atoms with van der Waals surface area (Å²) in [5.41, 5.74) is 0.974. The van der Waals surface area contributed by atoms with Gasteiger partial charge in [0.1, 0.15) is 0 Å². The summed E-state index contributed by atoms with van der Waals surface area (Å²) in [5.74, 6) is -1.13. The predicted molar refractivity (Wildman–Crippen MR) is 124 cm³/mol. The first-order chi connectivity index (χ1) is 16.1. The van der Waals surface area contributed by atoms with Gasteiger partial charge in [-0.3, -0.25) is 14.4 Å². The number of carbonyl (C=O) groups is 3. The Bertz CT molecular complexity index is 1190. The Balaban J connectivity index is 1.56. The van der Waals surface area contributed by atoms with Crippen LogP contribution in [-0.2, 0) is 15.8 Å². The first-order valence-electron chi connectivity index (χ1n) is 10.1. The van der Waals surface area contributed by atoms with Crippen molar-refractivity contribution >= 4 is 40.5 Å². The molecule has 4 N–H and O–H groups in total. The lowest BCUT2D eigenvalue weighted by Crippen LogP contribution is -2.22. The van der Waals surface area contributed by atoms with E-state index in [-0.39, 0.29) is 29.6 Å². The Hall–Kier alpha value is -4.34. The van der Waals surface area contributed by atoms with Crippen LogP contribution < -0.4 is 21.3 Å². The standard InChI is InChI=1S/C24H21F3N4O3/c1-15(32)29-18-8-10-19(11-9-18)30-22(33)14-28-20-6-2-4-16(12-20)23(34)31-21-7-3-5-17(13-21)24(25,26)27/h2-13,28H,14H2,1H3,(H,29,32)(H,30,33)(H,31,34). The van der Waals surface area contributed by atoms with Crippen LogP contribution in [0.1, 0.15) is 22.8 Å². The second kappa shape index (κ2) is 10.5. The molecule has 0 aromatic heterocycles. The van der Waals surface area contributed by atoms with Crippen LogP contribution in [0.4, 0.5) is 35.9 Å². The van der Waals surface area contributed by atoms with Gasteiger partial charge in [0.05, 0.1) is 12.1 Å². The molecule has 0 unspecified atom stereocenters. The number of nitrogens with one attached hydrogen (secondary N) is 4. The molecule has 3 aromatic rings. The zero-order valence-electron chi connectivity index (χ0n) is 18.0. The van der Waals surface area contributed by atoms with Gasteiger partial charge in [0.2, 0.25) is 11.8 Å². The van der Waals surface area contributed by atoms with Crippen LogP contribution in [0.15, 0.2) is 72.8 Å². The van der Waals surface area contributed by atoms with E-state index < -0.39 is 17.6 Å². The molecule has 7 nitrogen and oxygen atoms in total. The molecular weight excluding hydrogens is 449 g/mol. The normalized spacial score (nSPS) is 10.8. The maximum absolute atomic E-state index is 12.9. The monoisotopic (exact) mass is 470 g/mol. The molecule has 3 amide bonds. The van der Waals surface area contributed by atoms with Gasteiger partial charge in [0.25, 0.3) is 5.91 Å². The minimum atomic E-state index is -4.52. The Morgan fingerprint density at radius 1 is 0.735 bits per heavy atom. The van der Waals surface area contributed by atoms with E-state index in [1.54, 1.807) is 36.4 Å². The van der Waals surface area contributed by atoms with E-state index in [0.29, 0.717) is 17.1 Å². The van der Waals surface area contributed by atoms with Crippen molar-refractivity contribution in [1.82, 2.24) is 0 Å². The number of hydrogen-bond acceptors (Lipinski definition) is 4. The van der Waals surface area contributed by atoms with Crippen molar-refractivity contribution in [3.8, 4) is 0 Å². The average Bonchev–Trinajstić information content (AvgIpc) is 2.78. The quantitative estimate of drug-likeness (QED) is 0.392. The Morgan fingerprint density at radius 3 is 2.00 bits per heavy atom. The largest absolute Gasteiger partial charge is 0.416 e.